The van der Waals surface area contributed by atoms with Gasteiger partial charge in [-0.3, -0.25) is 0 Å². The molecule has 3 nitrogen and oxygen atoms in total. The second-order valence-electron chi connectivity index (χ2n) is 5.77. The number of rotatable bonds is 4. The topological polar surface area (TPSA) is 41.5 Å². The molecule has 3 rings (SSSR count). The molecule has 1 heterocycles. The summed E-state index contributed by atoms with van der Waals surface area (Å²) in [6, 6.07) is 14.9. The third kappa shape index (κ3) is 4.23. The van der Waals surface area contributed by atoms with Crippen molar-refractivity contribution >= 4 is 35.6 Å². The van der Waals surface area contributed by atoms with Crippen molar-refractivity contribution in [1.82, 2.24) is 5.32 Å². The van der Waals surface area contributed by atoms with Crippen molar-refractivity contribution in [3.8, 4) is 0 Å². The van der Waals surface area contributed by atoms with Crippen molar-refractivity contribution in [2.45, 2.75) is 18.1 Å². The molecule has 0 aromatic heterocycles. The number of nitrogens with one attached hydrogen (secondary N) is 1. The van der Waals surface area contributed by atoms with Crippen LogP contribution in [0.5, 0.6) is 0 Å². The maximum atomic E-state index is 11.5. The number of hydrogen-bond donors (Lipinski definition) is 2. The van der Waals surface area contributed by atoms with Crippen molar-refractivity contribution in [3.63, 3.8) is 0 Å². The first-order valence-electron chi connectivity index (χ1n) is 7.64. The SMILES string of the molecule is Cl.O[C@](Cc1cc(Cl)ccc1Cl)(c1ccccc1)[C@H]1CNCCO1. The van der Waals surface area contributed by atoms with E-state index in [1.165, 1.54) is 0 Å². The summed E-state index contributed by atoms with van der Waals surface area (Å²) in [4.78, 5) is 0. The summed E-state index contributed by atoms with van der Waals surface area (Å²) in [6.07, 6.45) is -0.0170. The largest absolute Gasteiger partial charge is 0.382 e. The summed E-state index contributed by atoms with van der Waals surface area (Å²) in [6.45, 7) is 1.95. The van der Waals surface area contributed by atoms with E-state index >= 15 is 0 Å². The molecule has 1 fully saturated rings. The Labute approximate surface area is 158 Å². The highest BCUT2D eigenvalue weighted by Gasteiger charge is 2.40. The van der Waals surface area contributed by atoms with Gasteiger partial charge < -0.3 is 15.2 Å². The number of aliphatic hydroxyl groups is 1. The average molecular weight is 389 g/mol. The van der Waals surface area contributed by atoms with Gasteiger partial charge in [-0.2, -0.15) is 0 Å². The number of ether oxygens (including phenoxy) is 1. The predicted molar refractivity (Wildman–Crippen MR) is 100 cm³/mol. The van der Waals surface area contributed by atoms with E-state index in [4.69, 9.17) is 27.9 Å². The van der Waals surface area contributed by atoms with Crippen molar-refractivity contribution in [2.75, 3.05) is 19.7 Å². The van der Waals surface area contributed by atoms with E-state index in [1.807, 2.05) is 30.3 Å². The van der Waals surface area contributed by atoms with Gasteiger partial charge in [0, 0.05) is 29.6 Å². The van der Waals surface area contributed by atoms with Gasteiger partial charge in [0.1, 0.15) is 11.7 Å². The number of hydrogen-bond acceptors (Lipinski definition) is 3. The number of morpholine rings is 1. The van der Waals surface area contributed by atoms with E-state index < -0.39 is 5.60 Å². The molecule has 24 heavy (non-hydrogen) atoms. The standard InChI is InChI=1S/C18H19Cl2NO2.ClH/c19-15-6-7-16(20)13(10-15)11-18(22,14-4-2-1-3-5-14)17-12-21-8-9-23-17;/h1-7,10,17,21-22H,8-9,11-12H2;1H/t17-,18-;/m1./s1. The van der Waals surface area contributed by atoms with Crippen molar-refractivity contribution < 1.29 is 9.84 Å². The van der Waals surface area contributed by atoms with E-state index in [-0.39, 0.29) is 18.5 Å². The van der Waals surface area contributed by atoms with Gasteiger partial charge in [0.05, 0.1) is 6.61 Å². The monoisotopic (exact) mass is 387 g/mol. The summed E-state index contributed by atoms with van der Waals surface area (Å²) >= 11 is 12.4. The first kappa shape index (κ1) is 19.5. The lowest BCUT2D eigenvalue weighted by molar-refractivity contribution is -0.124. The van der Waals surface area contributed by atoms with Gasteiger partial charge in [0.15, 0.2) is 0 Å². The highest BCUT2D eigenvalue weighted by atomic mass is 35.5. The zero-order chi connectivity index (χ0) is 16.3. The van der Waals surface area contributed by atoms with Gasteiger partial charge >= 0.3 is 0 Å². The molecule has 2 atom stereocenters. The Kier molecular flexibility index (Phi) is 6.93. The molecule has 0 unspecified atom stereocenters. The summed E-state index contributed by atoms with van der Waals surface area (Å²) in [5.74, 6) is 0. The molecular weight excluding hydrogens is 369 g/mol. The Morgan fingerprint density at radius 3 is 2.58 bits per heavy atom. The molecule has 2 N–H and O–H groups in total. The number of halogens is 3. The van der Waals surface area contributed by atoms with E-state index in [0.717, 1.165) is 17.7 Å². The van der Waals surface area contributed by atoms with Crippen LogP contribution >= 0.6 is 35.6 Å². The van der Waals surface area contributed by atoms with Crippen LogP contribution in [0.15, 0.2) is 48.5 Å². The summed E-state index contributed by atoms with van der Waals surface area (Å²) in [7, 11) is 0. The van der Waals surface area contributed by atoms with Crippen LogP contribution in [0.25, 0.3) is 0 Å². The summed E-state index contributed by atoms with van der Waals surface area (Å²) in [5.41, 5.74) is 0.438. The van der Waals surface area contributed by atoms with Crippen LogP contribution in [0, 0.1) is 0 Å². The molecule has 2 aromatic carbocycles. The van der Waals surface area contributed by atoms with Gasteiger partial charge in [-0.05, 0) is 29.3 Å². The quantitative estimate of drug-likeness (QED) is 0.836. The molecule has 0 spiro atoms. The van der Waals surface area contributed by atoms with Gasteiger partial charge in [-0.25, -0.2) is 0 Å². The Bertz CT molecular complexity index is 663. The van der Waals surface area contributed by atoms with Crippen LogP contribution in [0.2, 0.25) is 10.0 Å². The Balaban J connectivity index is 0.00000208. The lowest BCUT2D eigenvalue weighted by atomic mass is 9.82. The van der Waals surface area contributed by atoms with E-state index in [2.05, 4.69) is 5.32 Å². The van der Waals surface area contributed by atoms with Gasteiger partial charge in [0.2, 0.25) is 0 Å². The first-order valence-corrected chi connectivity index (χ1v) is 8.39. The van der Waals surface area contributed by atoms with Crippen molar-refractivity contribution in [1.29, 1.82) is 0 Å². The van der Waals surface area contributed by atoms with Gasteiger partial charge in [0.25, 0.3) is 0 Å². The zero-order valence-corrected chi connectivity index (χ0v) is 15.4. The average Bonchev–Trinajstić information content (AvgIpc) is 2.59. The molecule has 1 saturated heterocycles. The molecular formula is C18H20Cl3NO2. The van der Waals surface area contributed by atoms with Gasteiger partial charge in [-0.1, -0.05) is 53.5 Å². The normalized spacial score (nSPS) is 20.0. The van der Waals surface area contributed by atoms with Crippen LogP contribution in [-0.4, -0.2) is 30.9 Å². The van der Waals surface area contributed by atoms with E-state index in [1.54, 1.807) is 18.2 Å². The molecule has 1 aliphatic rings. The Hall–Kier alpha value is -0.810. The number of benzene rings is 2. The zero-order valence-electron chi connectivity index (χ0n) is 13.0. The molecule has 2 aromatic rings. The summed E-state index contributed by atoms with van der Waals surface area (Å²) in [5, 5.41) is 16.0. The predicted octanol–water partition coefficient (Wildman–Crippen LogP) is 3.83. The highest BCUT2D eigenvalue weighted by Crippen LogP contribution is 2.34. The van der Waals surface area contributed by atoms with Crippen LogP contribution < -0.4 is 5.32 Å². The van der Waals surface area contributed by atoms with Crippen LogP contribution in [0.1, 0.15) is 11.1 Å². The fourth-order valence-corrected chi connectivity index (χ4v) is 3.35. The Morgan fingerprint density at radius 1 is 1.17 bits per heavy atom. The van der Waals surface area contributed by atoms with Crippen LogP contribution in [0.3, 0.4) is 0 Å². The maximum absolute atomic E-state index is 11.5. The third-order valence-corrected chi connectivity index (χ3v) is 4.81. The minimum absolute atomic E-state index is 0. The molecule has 0 saturated carbocycles. The van der Waals surface area contributed by atoms with E-state index in [0.29, 0.717) is 29.6 Å². The minimum Gasteiger partial charge on any atom is -0.382 e. The van der Waals surface area contributed by atoms with Crippen molar-refractivity contribution in [3.05, 3.63) is 69.7 Å². The molecule has 0 amide bonds. The second-order valence-corrected chi connectivity index (χ2v) is 6.61. The second kappa shape index (κ2) is 8.52. The Morgan fingerprint density at radius 2 is 1.92 bits per heavy atom. The molecule has 1 aliphatic heterocycles. The minimum atomic E-state index is -1.18. The third-order valence-electron chi connectivity index (χ3n) is 4.20. The lowest BCUT2D eigenvalue weighted by Gasteiger charge is -2.39. The van der Waals surface area contributed by atoms with Crippen LogP contribution in [-0.2, 0) is 16.8 Å². The smallest absolute Gasteiger partial charge is 0.121 e. The maximum Gasteiger partial charge on any atom is 0.121 e. The molecule has 0 radical (unpaired) electrons. The van der Waals surface area contributed by atoms with Crippen LogP contribution in [0.4, 0.5) is 0 Å². The van der Waals surface area contributed by atoms with Gasteiger partial charge in [-0.15, -0.1) is 12.4 Å². The molecule has 6 heteroatoms. The first-order chi connectivity index (χ1) is 11.1. The summed E-state index contributed by atoms with van der Waals surface area (Å²) < 4.78 is 5.85. The fourth-order valence-electron chi connectivity index (χ4n) is 2.97. The van der Waals surface area contributed by atoms with Crippen molar-refractivity contribution in [2.24, 2.45) is 0 Å². The fraction of sp³-hybridized carbons (Fsp3) is 0.333. The highest BCUT2D eigenvalue weighted by molar-refractivity contribution is 6.33. The lowest BCUT2D eigenvalue weighted by Crippen LogP contribution is -2.52. The molecule has 0 bridgehead atoms. The molecule has 130 valence electrons. The molecule has 0 aliphatic carbocycles. The van der Waals surface area contributed by atoms with E-state index in [9.17, 15) is 5.11 Å².